The second kappa shape index (κ2) is 6.78. The number of amides is 1. The molecule has 24 heavy (non-hydrogen) atoms. The molecule has 1 aliphatic heterocycles. The van der Waals surface area contributed by atoms with Crippen LogP contribution in [0.25, 0.3) is 0 Å². The molecule has 1 amide bonds. The van der Waals surface area contributed by atoms with Crippen molar-refractivity contribution in [3.8, 4) is 0 Å². The van der Waals surface area contributed by atoms with E-state index in [1.807, 2.05) is 0 Å². The van der Waals surface area contributed by atoms with Gasteiger partial charge in [-0.15, -0.1) is 0 Å². The average molecular weight is 322 g/mol. The van der Waals surface area contributed by atoms with Crippen LogP contribution in [0.4, 0.5) is 5.69 Å². The third-order valence-corrected chi connectivity index (χ3v) is 5.01. The Bertz CT molecular complexity index is 743. The van der Waals surface area contributed by atoms with Gasteiger partial charge >= 0.3 is 0 Å². The lowest BCUT2D eigenvalue weighted by Crippen LogP contribution is -2.39. The Morgan fingerprint density at radius 1 is 1.17 bits per heavy atom. The van der Waals surface area contributed by atoms with E-state index in [0.717, 1.165) is 29.8 Å². The predicted octanol–water partition coefficient (Wildman–Crippen LogP) is 4.17. The molecule has 0 aliphatic carbocycles. The topological polar surface area (TPSA) is 32.3 Å². The summed E-state index contributed by atoms with van der Waals surface area (Å²) < 4.78 is 0. The van der Waals surface area contributed by atoms with Crippen LogP contribution in [0.1, 0.15) is 40.8 Å². The molecular weight excluding hydrogens is 296 g/mol. The van der Waals surface area contributed by atoms with Crippen LogP contribution in [0.2, 0.25) is 0 Å². The van der Waals surface area contributed by atoms with Crippen molar-refractivity contribution >= 4 is 11.6 Å². The molecule has 2 aromatic carbocycles. The van der Waals surface area contributed by atoms with Crippen LogP contribution in [0.3, 0.4) is 0 Å². The SMILES string of the molecule is Cc1cc(C)c(NC(=O)CN2CCc3ccccc3C2C)c(C)c1. The first-order valence-electron chi connectivity index (χ1n) is 8.65. The van der Waals surface area contributed by atoms with Crippen LogP contribution in [0.15, 0.2) is 36.4 Å². The van der Waals surface area contributed by atoms with Crippen LogP contribution in [0, 0.1) is 20.8 Å². The Balaban J connectivity index is 1.70. The molecule has 0 saturated heterocycles. The zero-order valence-electron chi connectivity index (χ0n) is 15.0. The first kappa shape index (κ1) is 16.7. The van der Waals surface area contributed by atoms with Crippen molar-refractivity contribution in [3.63, 3.8) is 0 Å². The van der Waals surface area contributed by atoms with Crippen LogP contribution >= 0.6 is 0 Å². The van der Waals surface area contributed by atoms with E-state index in [4.69, 9.17) is 0 Å². The minimum atomic E-state index is 0.0660. The molecule has 0 fully saturated rings. The summed E-state index contributed by atoms with van der Waals surface area (Å²) in [4.78, 5) is 14.8. The number of anilines is 1. The first-order valence-corrected chi connectivity index (χ1v) is 8.65. The summed E-state index contributed by atoms with van der Waals surface area (Å²) in [5.41, 5.74) is 7.18. The lowest BCUT2D eigenvalue weighted by atomic mass is 9.93. The monoisotopic (exact) mass is 322 g/mol. The fourth-order valence-corrected chi connectivity index (χ4v) is 3.78. The highest BCUT2D eigenvalue weighted by atomic mass is 16.2. The number of fused-ring (bicyclic) bond motifs is 1. The number of carbonyl (C=O) groups excluding carboxylic acids is 1. The standard InChI is InChI=1S/C21H26N2O/c1-14-11-15(2)21(16(3)12-14)22-20(24)13-23-10-9-18-7-5-6-8-19(18)17(23)4/h5-8,11-12,17H,9-10,13H2,1-4H3,(H,22,24). The van der Waals surface area contributed by atoms with Crippen molar-refractivity contribution in [2.45, 2.75) is 40.2 Å². The first-order chi connectivity index (χ1) is 11.5. The predicted molar refractivity (Wildman–Crippen MR) is 99.4 cm³/mol. The van der Waals surface area contributed by atoms with Gasteiger partial charge in [0.25, 0.3) is 0 Å². The molecule has 1 unspecified atom stereocenters. The van der Waals surface area contributed by atoms with Gasteiger partial charge in [-0.25, -0.2) is 0 Å². The number of carbonyl (C=O) groups is 1. The zero-order chi connectivity index (χ0) is 17.3. The van der Waals surface area contributed by atoms with Crippen LogP contribution in [0.5, 0.6) is 0 Å². The molecule has 126 valence electrons. The second-order valence-corrected chi connectivity index (χ2v) is 6.92. The molecule has 3 rings (SSSR count). The van der Waals surface area contributed by atoms with Crippen LogP contribution < -0.4 is 5.32 Å². The molecule has 2 aromatic rings. The molecule has 3 nitrogen and oxygen atoms in total. The molecule has 0 radical (unpaired) electrons. The maximum absolute atomic E-state index is 12.6. The van der Waals surface area contributed by atoms with E-state index in [1.54, 1.807) is 0 Å². The summed E-state index contributed by atoms with van der Waals surface area (Å²) in [6.07, 6.45) is 1.01. The Kier molecular flexibility index (Phi) is 4.72. The summed E-state index contributed by atoms with van der Waals surface area (Å²) in [6.45, 7) is 9.73. The van der Waals surface area contributed by atoms with E-state index in [1.165, 1.54) is 16.7 Å². The largest absolute Gasteiger partial charge is 0.324 e. The van der Waals surface area contributed by atoms with Crippen molar-refractivity contribution in [1.82, 2.24) is 4.90 Å². The molecule has 0 spiro atoms. The number of hydrogen-bond donors (Lipinski definition) is 1. The van der Waals surface area contributed by atoms with Gasteiger partial charge in [0.1, 0.15) is 0 Å². The van der Waals surface area contributed by atoms with Gasteiger partial charge in [-0.1, -0.05) is 42.0 Å². The molecule has 0 bridgehead atoms. The number of nitrogens with one attached hydrogen (secondary N) is 1. The van der Waals surface area contributed by atoms with Gasteiger partial charge in [-0.2, -0.15) is 0 Å². The van der Waals surface area contributed by atoms with Gasteiger partial charge in [-0.3, -0.25) is 9.69 Å². The summed E-state index contributed by atoms with van der Waals surface area (Å²) in [5.74, 6) is 0.0660. The average Bonchev–Trinajstić information content (AvgIpc) is 2.54. The summed E-state index contributed by atoms with van der Waals surface area (Å²) in [7, 11) is 0. The summed E-state index contributed by atoms with van der Waals surface area (Å²) in [5, 5.41) is 3.12. The van der Waals surface area contributed by atoms with E-state index >= 15 is 0 Å². The molecule has 1 atom stereocenters. The van der Waals surface area contributed by atoms with Gasteiger partial charge in [0.15, 0.2) is 0 Å². The van der Waals surface area contributed by atoms with E-state index in [0.29, 0.717) is 6.54 Å². The summed E-state index contributed by atoms with van der Waals surface area (Å²) in [6, 6.07) is 13.1. The Hall–Kier alpha value is -2.13. The molecular formula is C21H26N2O. The lowest BCUT2D eigenvalue weighted by molar-refractivity contribution is -0.117. The van der Waals surface area contributed by atoms with Crippen LogP contribution in [-0.2, 0) is 11.2 Å². The number of rotatable bonds is 3. The number of nitrogens with zero attached hydrogens (tertiary/aromatic N) is 1. The second-order valence-electron chi connectivity index (χ2n) is 6.92. The lowest BCUT2D eigenvalue weighted by Gasteiger charge is -2.34. The van der Waals surface area contributed by atoms with Crippen molar-refractivity contribution in [2.75, 3.05) is 18.4 Å². The molecule has 0 aromatic heterocycles. The highest BCUT2D eigenvalue weighted by molar-refractivity contribution is 5.93. The van der Waals surface area contributed by atoms with Crippen molar-refractivity contribution in [1.29, 1.82) is 0 Å². The van der Waals surface area contributed by atoms with Crippen LogP contribution in [-0.4, -0.2) is 23.9 Å². The minimum absolute atomic E-state index is 0.0660. The molecule has 1 aliphatic rings. The Morgan fingerprint density at radius 2 is 1.83 bits per heavy atom. The van der Waals surface area contributed by atoms with Gasteiger partial charge in [0, 0.05) is 18.3 Å². The zero-order valence-corrected chi connectivity index (χ0v) is 15.0. The van der Waals surface area contributed by atoms with E-state index in [-0.39, 0.29) is 11.9 Å². The van der Waals surface area contributed by atoms with Crippen molar-refractivity contribution < 1.29 is 4.79 Å². The van der Waals surface area contributed by atoms with E-state index in [2.05, 4.69) is 74.3 Å². The number of hydrogen-bond acceptors (Lipinski definition) is 2. The quantitative estimate of drug-likeness (QED) is 0.920. The molecule has 0 saturated carbocycles. The molecule has 1 N–H and O–H groups in total. The maximum atomic E-state index is 12.6. The molecule has 3 heteroatoms. The maximum Gasteiger partial charge on any atom is 0.238 e. The number of benzene rings is 2. The van der Waals surface area contributed by atoms with Gasteiger partial charge in [0.05, 0.1) is 6.54 Å². The van der Waals surface area contributed by atoms with Gasteiger partial charge < -0.3 is 5.32 Å². The normalized spacial score (nSPS) is 17.4. The van der Waals surface area contributed by atoms with Gasteiger partial charge in [-0.05, 0) is 56.4 Å². The third kappa shape index (κ3) is 3.36. The Labute approximate surface area is 144 Å². The number of aryl methyl sites for hydroxylation is 3. The van der Waals surface area contributed by atoms with Gasteiger partial charge in [0.2, 0.25) is 5.91 Å². The minimum Gasteiger partial charge on any atom is -0.324 e. The fourth-order valence-electron chi connectivity index (χ4n) is 3.78. The van der Waals surface area contributed by atoms with Crippen molar-refractivity contribution in [3.05, 3.63) is 64.2 Å². The highest BCUT2D eigenvalue weighted by Crippen LogP contribution is 2.29. The van der Waals surface area contributed by atoms with Crippen molar-refractivity contribution in [2.24, 2.45) is 0 Å². The fraction of sp³-hybridized carbons (Fsp3) is 0.381. The van der Waals surface area contributed by atoms with E-state index < -0.39 is 0 Å². The Morgan fingerprint density at radius 3 is 2.54 bits per heavy atom. The smallest absolute Gasteiger partial charge is 0.238 e. The highest BCUT2D eigenvalue weighted by Gasteiger charge is 2.25. The third-order valence-electron chi connectivity index (χ3n) is 5.01. The summed E-state index contributed by atoms with van der Waals surface area (Å²) >= 11 is 0. The van der Waals surface area contributed by atoms with E-state index in [9.17, 15) is 4.79 Å². The molecule has 1 heterocycles.